The molecular weight excluding hydrogens is 258 g/mol. The van der Waals surface area contributed by atoms with Crippen molar-refractivity contribution in [1.29, 1.82) is 0 Å². The summed E-state index contributed by atoms with van der Waals surface area (Å²) in [6.45, 7) is 5.42. The maximum atomic E-state index is 6.37. The Balaban J connectivity index is 2.06. The van der Waals surface area contributed by atoms with E-state index in [1.807, 2.05) is 7.05 Å². The van der Waals surface area contributed by atoms with Crippen molar-refractivity contribution in [2.45, 2.75) is 58.4 Å². The molecule has 0 amide bonds. The third-order valence-electron chi connectivity index (χ3n) is 4.30. The average molecular weight is 284 g/mol. The van der Waals surface area contributed by atoms with Gasteiger partial charge in [0.2, 0.25) is 0 Å². The van der Waals surface area contributed by atoms with Crippen molar-refractivity contribution < 1.29 is 0 Å². The van der Waals surface area contributed by atoms with Gasteiger partial charge in [0, 0.05) is 18.7 Å². The number of hydrogen-bond acceptors (Lipinski definition) is 2. The largest absolute Gasteiger partial charge is 0.314 e. The Morgan fingerprint density at radius 1 is 1.37 bits per heavy atom. The van der Waals surface area contributed by atoms with Gasteiger partial charge in [0.25, 0.3) is 0 Å². The Kier molecular flexibility index (Phi) is 5.28. The summed E-state index contributed by atoms with van der Waals surface area (Å²) < 4.78 is 1.80. The van der Waals surface area contributed by atoms with Crippen molar-refractivity contribution in [2.75, 3.05) is 6.54 Å². The molecule has 1 N–H and O–H groups in total. The van der Waals surface area contributed by atoms with Crippen LogP contribution < -0.4 is 5.32 Å². The van der Waals surface area contributed by atoms with Crippen molar-refractivity contribution >= 4 is 11.6 Å². The number of nitrogens with one attached hydrogen (secondary N) is 1. The zero-order valence-corrected chi connectivity index (χ0v) is 13.1. The second-order valence-electron chi connectivity index (χ2n) is 5.79. The lowest BCUT2D eigenvalue weighted by Crippen LogP contribution is -2.39. The molecule has 0 aliphatic heterocycles. The molecular formula is C15H26ClN3. The fraction of sp³-hybridized carbons (Fsp3) is 0.800. The molecule has 1 fully saturated rings. The third kappa shape index (κ3) is 3.51. The molecule has 1 aromatic rings. The zero-order valence-electron chi connectivity index (χ0n) is 12.4. The Morgan fingerprint density at radius 2 is 2.11 bits per heavy atom. The van der Waals surface area contributed by atoms with Crippen LogP contribution in [0.25, 0.3) is 0 Å². The van der Waals surface area contributed by atoms with E-state index >= 15 is 0 Å². The SMILES string of the molecule is CCCNC1CCCCC1Cc1c(C)nn(C)c1Cl. The van der Waals surface area contributed by atoms with Crippen LogP contribution in [0.2, 0.25) is 5.15 Å². The van der Waals surface area contributed by atoms with Crippen molar-refractivity contribution in [3.63, 3.8) is 0 Å². The number of halogens is 1. The highest BCUT2D eigenvalue weighted by Gasteiger charge is 2.26. The summed E-state index contributed by atoms with van der Waals surface area (Å²) in [7, 11) is 1.92. The molecule has 4 heteroatoms. The second kappa shape index (κ2) is 6.76. The van der Waals surface area contributed by atoms with Gasteiger partial charge in [-0.3, -0.25) is 4.68 Å². The summed E-state index contributed by atoms with van der Waals surface area (Å²) in [6.07, 6.45) is 7.60. The molecule has 2 atom stereocenters. The van der Waals surface area contributed by atoms with Crippen LogP contribution >= 0.6 is 11.6 Å². The molecule has 2 unspecified atom stereocenters. The molecule has 0 aromatic carbocycles. The molecule has 1 aliphatic rings. The van der Waals surface area contributed by atoms with Gasteiger partial charge < -0.3 is 5.32 Å². The smallest absolute Gasteiger partial charge is 0.130 e. The van der Waals surface area contributed by atoms with Crippen LogP contribution in [0.4, 0.5) is 0 Å². The summed E-state index contributed by atoms with van der Waals surface area (Å²) in [5.74, 6) is 0.709. The summed E-state index contributed by atoms with van der Waals surface area (Å²) >= 11 is 6.37. The van der Waals surface area contributed by atoms with Crippen LogP contribution in [-0.4, -0.2) is 22.4 Å². The first kappa shape index (κ1) is 14.9. The lowest BCUT2D eigenvalue weighted by atomic mass is 9.80. The van der Waals surface area contributed by atoms with E-state index in [0.29, 0.717) is 12.0 Å². The Bertz CT molecular complexity index is 414. The van der Waals surface area contributed by atoms with Crippen LogP contribution in [0.3, 0.4) is 0 Å². The molecule has 0 saturated heterocycles. The van der Waals surface area contributed by atoms with Crippen LogP contribution in [0.1, 0.15) is 50.3 Å². The molecule has 108 valence electrons. The van der Waals surface area contributed by atoms with E-state index in [-0.39, 0.29) is 0 Å². The number of rotatable bonds is 5. The van der Waals surface area contributed by atoms with E-state index in [2.05, 4.69) is 24.3 Å². The molecule has 1 aliphatic carbocycles. The first-order chi connectivity index (χ1) is 9.13. The van der Waals surface area contributed by atoms with E-state index in [1.165, 1.54) is 37.7 Å². The van der Waals surface area contributed by atoms with Gasteiger partial charge in [-0.25, -0.2) is 0 Å². The van der Waals surface area contributed by atoms with Gasteiger partial charge in [0.1, 0.15) is 5.15 Å². The lowest BCUT2D eigenvalue weighted by Gasteiger charge is -2.32. The van der Waals surface area contributed by atoms with E-state index in [0.717, 1.165) is 23.8 Å². The first-order valence-corrected chi connectivity index (χ1v) is 7.92. The minimum atomic E-state index is 0.657. The standard InChI is InChI=1S/C15H26ClN3/c1-4-9-17-14-8-6-5-7-12(14)10-13-11(2)18-19(3)15(13)16/h12,14,17H,4-10H2,1-3H3. The van der Waals surface area contributed by atoms with Gasteiger partial charge in [-0.05, 0) is 45.1 Å². The molecule has 1 saturated carbocycles. The molecule has 19 heavy (non-hydrogen) atoms. The number of aryl methyl sites for hydroxylation is 2. The number of hydrogen-bond donors (Lipinski definition) is 1. The van der Waals surface area contributed by atoms with Crippen molar-refractivity contribution in [3.8, 4) is 0 Å². The predicted octanol–water partition coefficient (Wildman–Crippen LogP) is 3.48. The quantitative estimate of drug-likeness (QED) is 0.897. The van der Waals surface area contributed by atoms with E-state index in [9.17, 15) is 0 Å². The maximum absolute atomic E-state index is 6.37. The van der Waals surface area contributed by atoms with Gasteiger partial charge in [-0.15, -0.1) is 0 Å². The summed E-state index contributed by atoms with van der Waals surface area (Å²) in [5, 5.41) is 8.96. The minimum absolute atomic E-state index is 0.657. The molecule has 2 rings (SSSR count). The van der Waals surface area contributed by atoms with Gasteiger partial charge in [0.05, 0.1) is 5.69 Å². The van der Waals surface area contributed by atoms with Gasteiger partial charge in [-0.1, -0.05) is 31.4 Å². The van der Waals surface area contributed by atoms with Crippen LogP contribution in [0.5, 0.6) is 0 Å². The fourth-order valence-corrected chi connectivity index (χ4v) is 3.47. The van der Waals surface area contributed by atoms with Crippen LogP contribution in [0, 0.1) is 12.8 Å². The average Bonchev–Trinajstić information content (AvgIpc) is 2.64. The van der Waals surface area contributed by atoms with Gasteiger partial charge >= 0.3 is 0 Å². The summed E-state index contributed by atoms with van der Waals surface area (Å²) in [5.41, 5.74) is 2.34. The number of nitrogens with zero attached hydrogens (tertiary/aromatic N) is 2. The monoisotopic (exact) mass is 283 g/mol. The van der Waals surface area contributed by atoms with Gasteiger partial charge in [0.15, 0.2) is 0 Å². The topological polar surface area (TPSA) is 29.9 Å². The third-order valence-corrected chi connectivity index (χ3v) is 4.77. The summed E-state index contributed by atoms with van der Waals surface area (Å²) in [4.78, 5) is 0. The highest BCUT2D eigenvalue weighted by molar-refractivity contribution is 6.30. The number of aromatic nitrogens is 2. The highest BCUT2D eigenvalue weighted by atomic mass is 35.5. The van der Waals surface area contributed by atoms with Crippen LogP contribution in [-0.2, 0) is 13.5 Å². The zero-order chi connectivity index (χ0) is 13.8. The van der Waals surface area contributed by atoms with E-state index in [4.69, 9.17) is 11.6 Å². The molecule has 1 heterocycles. The van der Waals surface area contributed by atoms with E-state index < -0.39 is 0 Å². The van der Waals surface area contributed by atoms with Gasteiger partial charge in [-0.2, -0.15) is 5.10 Å². The fourth-order valence-electron chi connectivity index (χ4n) is 3.22. The predicted molar refractivity (Wildman–Crippen MR) is 80.7 cm³/mol. The molecule has 0 bridgehead atoms. The van der Waals surface area contributed by atoms with E-state index in [1.54, 1.807) is 4.68 Å². The molecule has 1 aromatic heterocycles. The molecule has 0 radical (unpaired) electrons. The van der Waals surface area contributed by atoms with Crippen molar-refractivity contribution in [3.05, 3.63) is 16.4 Å². The van der Waals surface area contributed by atoms with Crippen LogP contribution in [0.15, 0.2) is 0 Å². The molecule has 0 spiro atoms. The van der Waals surface area contributed by atoms with Crippen molar-refractivity contribution in [1.82, 2.24) is 15.1 Å². The summed E-state index contributed by atoms with van der Waals surface area (Å²) in [6, 6.07) is 0.657. The minimum Gasteiger partial charge on any atom is -0.314 e. The highest BCUT2D eigenvalue weighted by Crippen LogP contribution is 2.31. The Hall–Kier alpha value is -0.540. The molecule has 3 nitrogen and oxygen atoms in total. The normalized spacial score (nSPS) is 23.8. The second-order valence-corrected chi connectivity index (χ2v) is 6.15. The Morgan fingerprint density at radius 3 is 2.74 bits per heavy atom. The maximum Gasteiger partial charge on any atom is 0.130 e. The first-order valence-electron chi connectivity index (χ1n) is 7.54. The lowest BCUT2D eigenvalue weighted by molar-refractivity contribution is 0.261. The Labute approximate surface area is 121 Å². The van der Waals surface area contributed by atoms with Crippen molar-refractivity contribution in [2.24, 2.45) is 13.0 Å².